The van der Waals surface area contributed by atoms with Crippen LogP contribution in [0.15, 0.2) is 30.3 Å². The molecule has 12 heavy (non-hydrogen) atoms. The van der Waals surface area contributed by atoms with Gasteiger partial charge in [-0.25, -0.2) is 0 Å². The molecular weight excluding hydrogens is 264 g/mol. The predicted molar refractivity (Wildman–Crippen MR) is 52.5 cm³/mol. The van der Waals surface area contributed by atoms with Gasteiger partial charge in [-0.3, -0.25) is 0 Å². The van der Waals surface area contributed by atoms with Gasteiger partial charge in [0.2, 0.25) is 0 Å². The standard InChI is InChI=1S/C6H5.C3H9P.FH.Pd/c1-2-4-6-5-3-1;1-4(2)3;;/h1-5H;1-3H3;1H;/q-1;;;+2. The molecule has 0 bridgehead atoms. The average molecular weight is 280 g/mol. The van der Waals surface area contributed by atoms with Gasteiger partial charge in [-0.2, -0.15) is 36.4 Å². The Morgan fingerprint density at radius 2 is 1.33 bits per heavy atom. The van der Waals surface area contributed by atoms with Crippen LogP contribution in [-0.4, -0.2) is 20.0 Å². The van der Waals surface area contributed by atoms with E-state index in [4.69, 9.17) is 0 Å². The summed E-state index contributed by atoms with van der Waals surface area (Å²) in [5, 5.41) is 0. The molecular formula is C9H15FPPd+. The van der Waals surface area contributed by atoms with Crippen molar-refractivity contribution in [3.05, 3.63) is 36.4 Å². The third-order valence-corrected chi connectivity index (χ3v) is 0.607. The van der Waals surface area contributed by atoms with Gasteiger partial charge in [0.05, 0.1) is 0 Å². The number of halogens is 1. The molecule has 0 spiro atoms. The largest absolute Gasteiger partial charge is 0.184 e. The summed E-state index contributed by atoms with van der Waals surface area (Å²) in [6.07, 6.45) is 0. The van der Waals surface area contributed by atoms with Crippen molar-refractivity contribution in [3.8, 4) is 0 Å². The topological polar surface area (TPSA) is 0 Å². The maximum Gasteiger partial charge on any atom is -0.171 e. The first-order valence-corrected chi connectivity index (χ1v) is 7.12. The third-order valence-electron chi connectivity index (χ3n) is 0.607. The number of rotatable bonds is 0. The monoisotopic (exact) mass is 279 g/mol. The Bertz CT molecular complexity index is 115. The molecule has 0 radical (unpaired) electrons. The van der Waals surface area contributed by atoms with E-state index < -0.39 is 0 Å². The van der Waals surface area contributed by atoms with Crippen LogP contribution in [-0.2, 0) is 19.7 Å². The van der Waals surface area contributed by atoms with Gasteiger partial charge >= 0.3 is 22.9 Å². The molecule has 0 aliphatic rings. The second kappa shape index (κ2) is 13.8. The van der Waals surface area contributed by atoms with Crippen LogP contribution in [0.25, 0.3) is 0 Å². The molecule has 3 heteroatoms. The molecule has 1 aromatic carbocycles. The van der Waals surface area contributed by atoms with Gasteiger partial charge in [0.1, 0.15) is 0 Å². The fraction of sp³-hybridized carbons (Fsp3) is 0.333. The van der Waals surface area contributed by atoms with Crippen molar-refractivity contribution in [2.45, 2.75) is 0 Å². The molecule has 72 valence electrons. The zero-order valence-corrected chi connectivity index (χ0v) is 10.1. The van der Waals surface area contributed by atoms with E-state index >= 15 is 0 Å². The molecule has 0 fully saturated rings. The molecule has 0 heterocycles. The predicted octanol–water partition coefficient (Wildman–Crippen LogP) is 2.99. The molecule has 0 N–H and O–H groups in total. The Morgan fingerprint density at radius 3 is 1.42 bits per heavy atom. The maximum atomic E-state index is 9.35. The van der Waals surface area contributed by atoms with Crippen LogP contribution in [0, 0.1) is 6.07 Å². The van der Waals surface area contributed by atoms with E-state index in [9.17, 15) is 3.22 Å². The van der Waals surface area contributed by atoms with Gasteiger partial charge in [-0.05, 0) is 7.92 Å². The summed E-state index contributed by atoms with van der Waals surface area (Å²) in [6.45, 7) is 6.81. The summed E-state index contributed by atoms with van der Waals surface area (Å²) in [7, 11) is 0.120. The summed E-state index contributed by atoms with van der Waals surface area (Å²) in [5.74, 6) is 0. The fourth-order valence-electron chi connectivity index (χ4n) is 0.342. The number of hydrogen-bond acceptors (Lipinski definition) is 0. The minimum absolute atomic E-state index is 0.120. The average Bonchev–Trinajstić information content (AvgIpc) is 2.10. The second-order valence-electron chi connectivity index (χ2n) is 2.58. The Kier molecular flexibility index (Phi) is 17.0. The smallest absolute Gasteiger partial charge is 0.171 e. The maximum absolute atomic E-state index is 9.35. The van der Waals surface area contributed by atoms with Crippen molar-refractivity contribution < 1.29 is 22.9 Å². The van der Waals surface area contributed by atoms with Crippen LogP contribution in [0.2, 0.25) is 0 Å². The van der Waals surface area contributed by atoms with Crippen LogP contribution in [0.1, 0.15) is 0 Å². The molecule has 1 rings (SSSR count). The number of benzene rings is 1. The second-order valence-corrected chi connectivity index (χ2v) is 5.58. The van der Waals surface area contributed by atoms with Gasteiger partial charge in [0, 0.05) is 20.0 Å². The van der Waals surface area contributed by atoms with E-state index in [1.807, 2.05) is 30.3 Å². The molecule has 0 atom stereocenters. The molecule has 0 unspecified atom stereocenters. The first kappa shape index (κ1) is 14.7. The van der Waals surface area contributed by atoms with Crippen LogP contribution in [0.5, 0.6) is 0 Å². The Balaban J connectivity index is 0. The normalized spacial score (nSPS) is 7.58. The van der Waals surface area contributed by atoms with Gasteiger partial charge < -0.3 is 0 Å². The summed E-state index contributed by atoms with van der Waals surface area (Å²) in [4.78, 5) is 0. The molecule has 0 saturated carbocycles. The van der Waals surface area contributed by atoms with Gasteiger partial charge in [0.25, 0.3) is 0 Å². The van der Waals surface area contributed by atoms with Crippen LogP contribution >= 0.6 is 7.92 Å². The van der Waals surface area contributed by atoms with E-state index in [1.54, 1.807) is 0 Å². The minimum atomic E-state index is 0.120. The number of hydrogen-bond donors (Lipinski definition) is 0. The zero-order valence-electron chi connectivity index (χ0n) is 7.58. The minimum Gasteiger partial charge on any atom is -0.184 e. The van der Waals surface area contributed by atoms with Crippen molar-refractivity contribution >= 4 is 7.92 Å². The molecule has 0 aliphatic carbocycles. The summed E-state index contributed by atoms with van der Waals surface area (Å²) in [6, 6.07) is 12.5. The Labute approximate surface area is 87.4 Å². The first-order chi connectivity index (χ1) is 5.73. The molecule has 0 aliphatic heterocycles. The van der Waals surface area contributed by atoms with Crippen molar-refractivity contribution in [3.63, 3.8) is 0 Å². The van der Waals surface area contributed by atoms with E-state index in [0.717, 1.165) is 0 Å². The van der Waals surface area contributed by atoms with Gasteiger partial charge in [-0.1, -0.05) is 0 Å². The van der Waals surface area contributed by atoms with Crippen molar-refractivity contribution in [2.75, 3.05) is 20.0 Å². The molecule has 0 amide bonds. The van der Waals surface area contributed by atoms with Crippen molar-refractivity contribution in [1.82, 2.24) is 0 Å². The fourth-order valence-corrected chi connectivity index (χ4v) is 0.342. The first-order valence-electron chi connectivity index (χ1n) is 3.53. The molecule has 1 aromatic rings. The summed E-state index contributed by atoms with van der Waals surface area (Å²) >= 11 is 1.25. The SMILES string of the molecule is C[PH+](C)C.[F][Pd+].[c-]1ccccc1. The summed E-state index contributed by atoms with van der Waals surface area (Å²) < 4.78 is 9.35. The Hall–Kier alpha value is 0.242. The molecule has 0 nitrogen and oxygen atoms in total. The van der Waals surface area contributed by atoms with E-state index in [0.29, 0.717) is 0 Å². The van der Waals surface area contributed by atoms with E-state index in [-0.39, 0.29) is 7.92 Å². The van der Waals surface area contributed by atoms with Crippen LogP contribution in [0.4, 0.5) is 3.22 Å². The summed E-state index contributed by atoms with van der Waals surface area (Å²) in [5.41, 5.74) is 0. The quantitative estimate of drug-likeness (QED) is 0.389. The van der Waals surface area contributed by atoms with Crippen molar-refractivity contribution in [2.24, 2.45) is 0 Å². The molecule has 0 saturated heterocycles. The van der Waals surface area contributed by atoms with Gasteiger partial charge in [-0.15, -0.1) is 0 Å². The van der Waals surface area contributed by atoms with E-state index in [1.165, 1.54) is 19.7 Å². The Morgan fingerprint density at radius 1 is 1.00 bits per heavy atom. The van der Waals surface area contributed by atoms with Crippen LogP contribution in [0.3, 0.4) is 0 Å². The van der Waals surface area contributed by atoms with Crippen LogP contribution < -0.4 is 0 Å². The third kappa shape index (κ3) is 22.5. The van der Waals surface area contributed by atoms with Gasteiger partial charge in [0.15, 0.2) is 0 Å². The van der Waals surface area contributed by atoms with Crippen molar-refractivity contribution in [1.29, 1.82) is 0 Å². The zero-order chi connectivity index (χ0) is 9.82. The molecule has 0 aromatic heterocycles. The van der Waals surface area contributed by atoms with E-state index in [2.05, 4.69) is 26.1 Å².